The number of esters is 1. The molecule has 0 aromatic carbocycles. The fraction of sp³-hybridized carbons (Fsp3) is 0.984. The summed E-state index contributed by atoms with van der Waals surface area (Å²) in [6.07, 6.45) is 18.4. The SMILES string of the molecule is CCC.CCC.CCC.CCCCN1CC(N(C)C)C1.CCCCN1CCC(N(C)C)C1.CCCCN1CCC(N(C)C)CC1.CCCN(C)C.CCCN1CC(N(C)C)C1.CCN(C)C.CCOC.COC(C)=O. The van der Waals surface area contributed by atoms with E-state index in [2.05, 4.69) is 226 Å². The first-order chi connectivity index (χ1) is 35.4. The van der Waals surface area contributed by atoms with Crippen LogP contribution in [0, 0.1) is 0 Å². The van der Waals surface area contributed by atoms with Crippen LogP contribution in [-0.2, 0) is 14.3 Å². The number of hydrogen-bond acceptors (Lipinski definition) is 13. The van der Waals surface area contributed by atoms with Crippen LogP contribution in [0.5, 0.6) is 0 Å². The lowest BCUT2D eigenvalue weighted by atomic mass is 10.0. The van der Waals surface area contributed by atoms with Gasteiger partial charge in [-0.25, -0.2) is 0 Å². The second-order valence-corrected chi connectivity index (χ2v) is 22.2. The Morgan fingerprint density at radius 1 is 0.413 bits per heavy atom. The van der Waals surface area contributed by atoms with Gasteiger partial charge in [-0.2, -0.15) is 0 Å². The lowest BCUT2D eigenvalue weighted by Gasteiger charge is -2.42. The number of carbonyl (C=O) groups is 1. The fourth-order valence-electron chi connectivity index (χ4n) is 7.11. The van der Waals surface area contributed by atoms with Crippen molar-refractivity contribution >= 4 is 5.97 Å². The van der Waals surface area contributed by atoms with Gasteiger partial charge in [-0.05, 0) is 202 Å². The Hall–Kier alpha value is -0.970. The number of piperidine rings is 1. The Kier molecular flexibility index (Phi) is 78.9. The summed E-state index contributed by atoms with van der Waals surface area (Å²) in [4.78, 5) is 33.5. The van der Waals surface area contributed by atoms with Crippen molar-refractivity contribution in [3.63, 3.8) is 0 Å². The molecule has 0 aromatic rings. The predicted octanol–water partition coefficient (Wildman–Crippen LogP) is 11.5. The molecule has 1 unspecified atom stereocenters. The minimum atomic E-state index is -0.245. The zero-order valence-electron chi connectivity index (χ0n) is 57.0. The maximum Gasteiger partial charge on any atom is 0.302 e. The molecule has 1 atom stereocenters. The molecule has 4 aliphatic heterocycles. The van der Waals surface area contributed by atoms with Gasteiger partial charge in [0.2, 0.25) is 0 Å². The summed E-state index contributed by atoms with van der Waals surface area (Å²) in [7, 11) is 28.8. The van der Waals surface area contributed by atoms with Gasteiger partial charge in [0.25, 0.3) is 0 Å². The highest BCUT2D eigenvalue weighted by atomic mass is 16.5. The fourth-order valence-corrected chi connectivity index (χ4v) is 7.11. The van der Waals surface area contributed by atoms with Crippen LogP contribution in [0.4, 0.5) is 0 Å². The number of hydrogen-bond donors (Lipinski definition) is 0. The van der Waals surface area contributed by atoms with Gasteiger partial charge in [-0.3, -0.25) is 4.79 Å². The van der Waals surface area contributed by atoms with Crippen molar-refractivity contribution in [1.82, 2.24) is 49.0 Å². The molecule has 0 saturated carbocycles. The van der Waals surface area contributed by atoms with E-state index in [1.165, 1.54) is 189 Å². The normalized spacial score (nSPS) is 16.7. The van der Waals surface area contributed by atoms with Crippen molar-refractivity contribution in [2.75, 3.05) is 197 Å². The number of likely N-dealkylation sites (N-methyl/N-ethyl adjacent to an activating group) is 3. The smallest absolute Gasteiger partial charge is 0.302 e. The summed E-state index contributed by atoms with van der Waals surface area (Å²) < 4.78 is 8.65. The van der Waals surface area contributed by atoms with Gasteiger partial charge in [0, 0.05) is 77.5 Å². The maximum atomic E-state index is 9.59. The molecule has 4 rings (SSSR count). The van der Waals surface area contributed by atoms with Gasteiger partial charge >= 0.3 is 5.97 Å². The highest BCUT2D eigenvalue weighted by Crippen LogP contribution is 2.16. The monoisotopic (exact) mass is 1080 g/mol. The van der Waals surface area contributed by atoms with E-state index in [0.29, 0.717) is 0 Å². The summed E-state index contributed by atoms with van der Waals surface area (Å²) in [6, 6.07) is 3.29. The molecule has 0 bridgehead atoms. The maximum absolute atomic E-state index is 9.59. The van der Waals surface area contributed by atoms with Crippen molar-refractivity contribution < 1.29 is 14.3 Å². The molecule has 0 aromatic heterocycles. The van der Waals surface area contributed by atoms with Crippen molar-refractivity contribution in [2.45, 2.75) is 211 Å². The molecular formula is C62H146N10O3. The summed E-state index contributed by atoms with van der Waals surface area (Å²) in [5, 5.41) is 0. The number of likely N-dealkylation sites (tertiary alicyclic amines) is 4. The summed E-state index contributed by atoms with van der Waals surface area (Å²) in [5.41, 5.74) is 0. The first-order valence-electron chi connectivity index (χ1n) is 30.8. The van der Waals surface area contributed by atoms with Crippen LogP contribution >= 0.6 is 0 Å². The standard InChI is InChI=1S/C11H24N2.C10H22N2.C9H20N2.C8H18N2.C5H13N.C4H11N.C3H6O2.C3H8O.3C3H8/c1-4-5-8-13-9-6-11(7-10-13)12(2)3;1-4-5-7-12-8-6-10(9-12)11(2)3;1-4-5-6-11-7-9(8-11)10(2)3;1-4-5-10-6-8(7-10)9(2)3;1-4-5-6(2)3;1-4-5(2)3;1-3(4)5-2;1-3-4-2;3*1-3-2/h11H,4-10H2,1-3H3;10H,4-9H2,1-3H3;9H,4-8H2,1-3H3;8H,4-7H2,1-3H3;4-5H2,1-3H3;4H2,1-3H3;1-2H3;3H2,1-2H3;3*3H2,1-2H3. The molecule has 4 fully saturated rings. The van der Waals surface area contributed by atoms with Crippen LogP contribution in [0.1, 0.15) is 187 Å². The molecule has 13 heteroatoms. The highest BCUT2D eigenvalue weighted by molar-refractivity contribution is 5.65. The van der Waals surface area contributed by atoms with Crippen molar-refractivity contribution in [2.24, 2.45) is 0 Å². The third kappa shape index (κ3) is 69.1. The number of unbranched alkanes of at least 4 members (excludes halogenated alkanes) is 3. The van der Waals surface area contributed by atoms with Crippen LogP contribution in [0.3, 0.4) is 0 Å². The van der Waals surface area contributed by atoms with Gasteiger partial charge in [-0.1, -0.05) is 122 Å². The number of carbonyl (C=O) groups excluding carboxylic acids is 1. The zero-order chi connectivity index (χ0) is 59.6. The number of rotatable bonds is 19. The van der Waals surface area contributed by atoms with Gasteiger partial charge in [0.15, 0.2) is 0 Å². The predicted molar refractivity (Wildman–Crippen MR) is 341 cm³/mol. The Morgan fingerprint density at radius 2 is 0.693 bits per heavy atom. The third-order valence-corrected chi connectivity index (χ3v) is 12.5. The molecule has 75 heavy (non-hydrogen) atoms. The molecule has 13 nitrogen and oxygen atoms in total. The largest absolute Gasteiger partial charge is 0.469 e. The van der Waals surface area contributed by atoms with Crippen LogP contribution in [0.15, 0.2) is 0 Å². The summed E-state index contributed by atoms with van der Waals surface area (Å²) >= 11 is 0. The first kappa shape index (κ1) is 87.9. The first-order valence-corrected chi connectivity index (χ1v) is 30.8. The second-order valence-electron chi connectivity index (χ2n) is 22.2. The number of ether oxygens (including phenoxy) is 2. The van der Waals surface area contributed by atoms with Crippen LogP contribution < -0.4 is 0 Å². The third-order valence-electron chi connectivity index (χ3n) is 12.5. The molecule has 0 radical (unpaired) electrons. The van der Waals surface area contributed by atoms with E-state index in [-0.39, 0.29) is 5.97 Å². The van der Waals surface area contributed by atoms with E-state index in [9.17, 15) is 4.79 Å². The average Bonchev–Trinajstić information content (AvgIpc) is 3.82. The topological polar surface area (TPSA) is 67.9 Å². The van der Waals surface area contributed by atoms with Crippen LogP contribution in [0.25, 0.3) is 0 Å². The Bertz CT molecular complexity index is 1010. The van der Waals surface area contributed by atoms with E-state index in [1.807, 2.05) is 6.92 Å². The van der Waals surface area contributed by atoms with Gasteiger partial charge in [0.05, 0.1) is 7.11 Å². The van der Waals surface area contributed by atoms with Gasteiger partial charge < -0.3 is 58.5 Å². The van der Waals surface area contributed by atoms with Crippen LogP contribution in [-0.4, -0.2) is 276 Å². The summed E-state index contributed by atoms with van der Waals surface area (Å²) in [6.45, 7) is 48.1. The highest BCUT2D eigenvalue weighted by Gasteiger charge is 2.28. The zero-order valence-corrected chi connectivity index (χ0v) is 57.0. The van der Waals surface area contributed by atoms with E-state index < -0.39 is 0 Å². The lowest BCUT2D eigenvalue weighted by molar-refractivity contribution is -0.137. The van der Waals surface area contributed by atoms with E-state index in [4.69, 9.17) is 0 Å². The van der Waals surface area contributed by atoms with E-state index in [0.717, 1.165) is 37.3 Å². The quantitative estimate of drug-likeness (QED) is 0.115. The minimum Gasteiger partial charge on any atom is -0.469 e. The molecule has 462 valence electrons. The molecule has 0 amide bonds. The lowest BCUT2D eigenvalue weighted by Crippen LogP contribution is -2.57. The van der Waals surface area contributed by atoms with Crippen molar-refractivity contribution in [3.8, 4) is 0 Å². The van der Waals surface area contributed by atoms with Crippen molar-refractivity contribution in [1.29, 1.82) is 0 Å². The van der Waals surface area contributed by atoms with Gasteiger partial charge in [0.1, 0.15) is 0 Å². The molecular weight excluding hydrogens is 933 g/mol. The van der Waals surface area contributed by atoms with Crippen molar-refractivity contribution in [3.05, 3.63) is 0 Å². The summed E-state index contributed by atoms with van der Waals surface area (Å²) in [5.74, 6) is -0.245. The second kappa shape index (κ2) is 67.3. The molecule has 0 N–H and O–H groups in total. The molecule has 0 spiro atoms. The van der Waals surface area contributed by atoms with Gasteiger partial charge in [-0.15, -0.1) is 0 Å². The Labute approximate surface area is 475 Å². The van der Waals surface area contributed by atoms with E-state index in [1.54, 1.807) is 7.11 Å². The Balaban J connectivity index is -0.000000141. The molecule has 0 aliphatic carbocycles. The van der Waals surface area contributed by atoms with E-state index >= 15 is 0 Å². The molecule has 4 aliphatic rings. The number of methoxy groups -OCH3 is 2. The van der Waals surface area contributed by atoms with Crippen LogP contribution in [0.2, 0.25) is 0 Å². The molecule has 4 saturated heterocycles. The number of nitrogens with zero attached hydrogens (tertiary/aromatic N) is 10. The Morgan fingerprint density at radius 3 is 0.920 bits per heavy atom. The minimum absolute atomic E-state index is 0.245. The molecule has 4 heterocycles. The average molecular weight is 1080 g/mol.